The summed E-state index contributed by atoms with van der Waals surface area (Å²) in [4.78, 5) is 11.2. The molecular formula is C19H17F2N5O2S. The predicted octanol–water partition coefficient (Wildman–Crippen LogP) is 3.04. The highest BCUT2D eigenvalue weighted by molar-refractivity contribution is 7.89. The molecule has 150 valence electrons. The zero-order valence-corrected chi connectivity index (χ0v) is 16.4. The van der Waals surface area contributed by atoms with Crippen molar-refractivity contribution >= 4 is 33.6 Å². The first-order valence-corrected chi connectivity index (χ1v) is 10.00. The van der Waals surface area contributed by atoms with Crippen molar-refractivity contribution in [2.24, 2.45) is 10.7 Å². The molecule has 1 atom stereocenters. The quantitative estimate of drug-likeness (QED) is 0.777. The number of nitrogens with two attached hydrogens (primary N) is 1. The summed E-state index contributed by atoms with van der Waals surface area (Å²) in [6, 6.07) is 6.60. The van der Waals surface area contributed by atoms with Gasteiger partial charge in [0.25, 0.3) is 0 Å². The van der Waals surface area contributed by atoms with Gasteiger partial charge in [-0.3, -0.25) is 4.98 Å². The van der Waals surface area contributed by atoms with Crippen molar-refractivity contribution in [1.29, 1.82) is 0 Å². The third-order valence-corrected chi connectivity index (χ3v) is 6.50. The van der Waals surface area contributed by atoms with Crippen molar-refractivity contribution < 1.29 is 17.2 Å². The number of nitrogens with zero attached hydrogens (tertiary/aromatic N) is 4. The lowest BCUT2D eigenvalue weighted by molar-refractivity contribution is 0.458. The highest BCUT2D eigenvalue weighted by Gasteiger charge is 2.41. The zero-order chi connectivity index (χ0) is 21.4. The van der Waals surface area contributed by atoms with Gasteiger partial charge in [-0.25, -0.2) is 31.3 Å². The van der Waals surface area contributed by atoms with Crippen LogP contribution >= 0.6 is 0 Å². The molecule has 1 aliphatic rings. The highest BCUT2D eigenvalue weighted by Crippen LogP contribution is 2.34. The van der Waals surface area contributed by atoms with Crippen LogP contribution in [0.5, 0.6) is 0 Å². The molecule has 0 fully saturated rings. The maximum absolute atomic E-state index is 14.5. The first-order chi connectivity index (χ1) is 13.6. The third-order valence-electron chi connectivity index (χ3n) is 4.55. The molecule has 10 heteroatoms. The van der Waals surface area contributed by atoms with Crippen molar-refractivity contribution in [2.45, 2.75) is 12.5 Å². The van der Waals surface area contributed by atoms with Gasteiger partial charge >= 0.3 is 0 Å². The molecule has 0 radical (unpaired) electrons. The van der Waals surface area contributed by atoms with Crippen LogP contribution in [0.2, 0.25) is 0 Å². The van der Waals surface area contributed by atoms with Gasteiger partial charge in [0, 0.05) is 18.8 Å². The fourth-order valence-corrected chi connectivity index (χ4v) is 4.40. The van der Waals surface area contributed by atoms with Crippen LogP contribution in [0.1, 0.15) is 23.7 Å². The largest absolute Gasteiger partial charge is 0.369 e. The van der Waals surface area contributed by atoms with Gasteiger partial charge in [0.15, 0.2) is 0 Å². The molecule has 0 aliphatic carbocycles. The van der Waals surface area contributed by atoms with E-state index < -0.39 is 33.0 Å². The Balaban J connectivity index is 2.03. The van der Waals surface area contributed by atoms with E-state index in [4.69, 9.17) is 12.3 Å². The number of halogens is 2. The summed E-state index contributed by atoms with van der Waals surface area (Å²) in [5.74, 6) is -2.11. The van der Waals surface area contributed by atoms with Crippen LogP contribution in [0, 0.1) is 12.4 Å². The van der Waals surface area contributed by atoms with E-state index in [-0.39, 0.29) is 22.9 Å². The van der Waals surface area contributed by atoms with Gasteiger partial charge in [-0.15, -0.1) is 0 Å². The second-order valence-electron chi connectivity index (χ2n) is 6.71. The van der Waals surface area contributed by atoms with Crippen molar-refractivity contribution in [3.05, 3.63) is 70.6 Å². The first-order valence-electron chi connectivity index (χ1n) is 8.39. The molecule has 0 saturated heterocycles. The Kier molecular flexibility index (Phi) is 5.11. The standard InChI is InChI=1S/C19H17F2N5O2S/c1-19(11-29(27,28)26(3)18(22)25-19)14-8-12(4-6-15(14)20)9-16(21)17-7-5-13(23-2)10-24-17/h4-10H,11H2,1,3H3,(H2,22,25)/b16-9-/t19-/m0/s1. The highest BCUT2D eigenvalue weighted by atomic mass is 32.2. The topological polar surface area (TPSA) is 93.0 Å². The lowest BCUT2D eigenvalue weighted by atomic mass is 9.92. The van der Waals surface area contributed by atoms with Gasteiger partial charge in [0.1, 0.15) is 17.2 Å². The number of aromatic nitrogens is 1. The average Bonchev–Trinajstić information content (AvgIpc) is 2.67. The van der Waals surface area contributed by atoms with Crippen LogP contribution in [-0.2, 0) is 15.6 Å². The number of sulfonamides is 1. The molecule has 0 saturated carbocycles. The van der Waals surface area contributed by atoms with Crippen LogP contribution in [-0.4, -0.2) is 36.5 Å². The van der Waals surface area contributed by atoms with Gasteiger partial charge in [0.05, 0.1) is 18.0 Å². The van der Waals surface area contributed by atoms with E-state index >= 15 is 0 Å². The maximum atomic E-state index is 14.5. The van der Waals surface area contributed by atoms with Crippen molar-refractivity contribution in [1.82, 2.24) is 9.29 Å². The Bertz CT molecular complexity index is 1170. The van der Waals surface area contributed by atoms with E-state index in [2.05, 4.69) is 14.8 Å². The molecule has 29 heavy (non-hydrogen) atoms. The third kappa shape index (κ3) is 3.95. The van der Waals surface area contributed by atoms with Gasteiger partial charge in [0.2, 0.25) is 21.7 Å². The molecule has 7 nitrogen and oxygen atoms in total. The lowest BCUT2D eigenvalue weighted by Crippen LogP contribution is -2.50. The Labute approximate surface area is 167 Å². The minimum atomic E-state index is -3.78. The molecule has 2 N–H and O–H groups in total. The van der Waals surface area contributed by atoms with Crippen LogP contribution in [0.4, 0.5) is 14.5 Å². The molecule has 0 unspecified atom stereocenters. The van der Waals surface area contributed by atoms with Crippen LogP contribution in [0.3, 0.4) is 0 Å². The SMILES string of the molecule is [C-]#[N+]c1ccc(/C(F)=C/c2ccc(F)c([C@]3(C)CS(=O)(=O)N(C)C(N)=N3)c2)nc1. The monoisotopic (exact) mass is 417 g/mol. The zero-order valence-electron chi connectivity index (χ0n) is 15.6. The van der Waals surface area contributed by atoms with Gasteiger partial charge in [-0.2, -0.15) is 0 Å². The van der Waals surface area contributed by atoms with Gasteiger partial charge < -0.3 is 5.73 Å². The predicted molar refractivity (Wildman–Crippen MR) is 106 cm³/mol. The van der Waals surface area contributed by atoms with E-state index in [1.54, 1.807) is 0 Å². The summed E-state index contributed by atoms with van der Waals surface area (Å²) < 4.78 is 54.6. The van der Waals surface area contributed by atoms with Crippen molar-refractivity contribution in [2.75, 3.05) is 12.8 Å². The van der Waals surface area contributed by atoms with E-state index in [0.717, 1.165) is 16.4 Å². The summed E-state index contributed by atoms with van der Waals surface area (Å²) in [5.41, 5.74) is 4.81. The number of guanidine groups is 1. The molecule has 1 aromatic carbocycles. The average molecular weight is 417 g/mol. The number of benzene rings is 1. The molecule has 0 amide bonds. The van der Waals surface area contributed by atoms with E-state index in [9.17, 15) is 17.2 Å². The Morgan fingerprint density at radius 2 is 2.10 bits per heavy atom. The summed E-state index contributed by atoms with van der Waals surface area (Å²) in [7, 11) is -2.51. The van der Waals surface area contributed by atoms with Crippen molar-refractivity contribution in [3.8, 4) is 0 Å². The molecule has 0 bridgehead atoms. The molecule has 2 aromatic rings. The Morgan fingerprint density at radius 3 is 2.69 bits per heavy atom. The summed E-state index contributed by atoms with van der Waals surface area (Å²) in [5, 5.41) is 0. The number of rotatable bonds is 3. The minimum absolute atomic E-state index is 0.0126. The minimum Gasteiger partial charge on any atom is -0.369 e. The van der Waals surface area contributed by atoms with E-state index in [1.165, 1.54) is 44.4 Å². The number of aliphatic imine (C=N–C) groups is 1. The van der Waals surface area contributed by atoms with E-state index in [1.807, 2.05) is 0 Å². The first kappa shape index (κ1) is 20.4. The molecular weight excluding hydrogens is 400 g/mol. The maximum Gasteiger partial charge on any atom is 0.239 e. The second kappa shape index (κ2) is 7.25. The molecule has 2 heterocycles. The second-order valence-corrected chi connectivity index (χ2v) is 8.71. The number of pyridine rings is 1. The normalized spacial score (nSPS) is 21.4. The van der Waals surface area contributed by atoms with Crippen molar-refractivity contribution in [3.63, 3.8) is 0 Å². The number of hydrogen-bond acceptors (Lipinski definition) is 5. The fourth-order valence-electron chi connectivity index (χ4n) is 2.95. The Hall–Kier alpha value is -3.32. The molecule has 3 rings (SSSR count). The molecule has 0 spiro atoms. The van der Waals surface area contributed by atoms with Crippen LogP contribution in [0.25, 0.3) is 16.7 Å². The molecule has 1 aliphatic heterocycles. The summed E-state index contributed by atoms with van der Waals surface area (Å²) in [6.07, 6.45) is 2.39. The van der Waals surface area contributed by atoms with Gasteiger partial charge in [-0.1, -0.05) is 12.1 Å². The lowest BCUT2D eigenvalue weighted by Gasteiger charge is -2.34. The molecule has 1 aromatic heterocycles. The summed E-state index contributed by atoms with van der Waals surface area (Å²) in [6.45, 7) is 8.35. The van der Waals surface area contributed by atoms with E-state index in [0.29, 0.717) is 5.56 Å². The fraction of sp³-hybridized carbons (Fsp3) is 0.211. The smallest absolute Gasteiger partial charge is 0.239 e. The summed E-state index contributed by atoms with van der Waals surface area (Å²) >= 11 is 0. The number of hydrogen-bond donors (Lipinski definition) is 1. The van der Waals surface area contributed by atoms with Crippen LogP contribution in [0.15, 0.2) is 41.5 Å². The van der Waals surface area contributed by atoms with Crippen LogP contribution < -0.4 is 5.73 Å². The van der Waals surface area contributed by atoms with Gasteiger partial charge in [-0.05, 0) is 36.8 Å². The Morgan fingerprint density at radius 1 is 1.38 bits per heavy atom.